The second-order valence-corrected chi connectivity index (χ2v) is 8.82. The number of Topliss-reactive ketones (excluding diaryl/α,β-unsaturated/α-hetero) is 1. The third kappa shape index (κ3) is 7.42. The van der Waals surface area contributed by atoms with Crippen molar-refractivity contribution in [2.24, 2.45) is 17.4 Å². The monoisotopic (exact) mass is 394 g/mol. The van der Waals surface area contributed by atoms with Crippen LogP contribution in [0.4, 0.5) is 0 Å². The van der Waals surface area contributed by atoms with Crippen LogP contribution < -0.4 is 22.1 Å². The Morgan fingerprint density at radius 3 is 2.19 bits per heavy atom. The Labute approximate surface area is 155 Å². The summed E-state index contributed by atoms with van der Waals surface area (Å²) in [5.74, 6) is -2.29. The number of rotatable bonds is 13. The number of unbranched alkanes of at least 4 members (excludes halogenated alkanes) is 1. The Morgan fingerprint density at radius 1 is 1.23 bits per heavy atom. The van der Waals surface area contributed by atoms with E-state index in [1.165, 1.54) is 7.05 Å². The lowest BCUT2D eigenvalue weighted by atomic mass is 9.82. The highest BCUT2D eigenvalue weighted by atomic mass is 31.2. The van der Waals surface area contributed by atoms with Gasteiger partial charge in [-0.1, -0.05) is 20.8 Å². The van der Waals surface area contributed by atoms with Crippen molar-refractivity contribution in [2.45, 2.75) is 70.2 Å². The minimum atomic E-state index is -4.44. The summed E-state index contributed by atoms with van der Waals surface area (Å²) in [6.45, 7) is 5.80. The molecule has 3 atom stereocenters. The molecule has 0 unspecified atom stereocenters. The van der Waals surface area contributed by atoms with Crippen molar-refractivity contribution in [3.05, 3.63) is 0 Å². The number of carbonyl (C=O) groups excluding carboxylic acids is 2. The predicted molar refractivity (Wildman–Crippen MR) is 101 cm³/mol. The number of hydrogen-bond donors (Lipinski definition) is 6. The first kappa shape index (κ1) is 25.2. The van der Waals surface area contributed by atoms with Gasteiger partial charge in [0.1, 0.15) is 5.78 Å². The van der Waals surface area contributed by atoms with Gasteiger partial charge < -0.3 is 26.6 Å². The first-order valence-corrected chi connectivity index (χ1v) is 10.7. The van der Waals surface area contributed by atoms with Crippen molar-refractivity contribution >= 4 is 19.3 Å². The Hall–Kier alpha value is -0.830. The molecule has 0 heterocycles. The Balaban J connectivity index is 5.68. The van der Waals surface area contributed by atoms with E-state index < -0.39 is 36.6 Å². The van der Waals surface area contributed by atoms with Crippen molar-refractivity contribution in [1.29, 1.82) is 0 Å². The molecule has 0 bridgehead atoms. The highest BCUT2D eigenvalue weighted by Gasteiger charge is 2.45. The number of nitrogens with two attached hydrogens (primary N) is 2. The highest BCUT2D eigenvalue weighted by Crippen LogP contribution is 2.41. The van der Waals surface area contributed by atoms with Crippen LogP contribution in [-0.2, 0) is 14.2 Å². The zero-order valence-corrected chi connectivity index (χ0v) is 17.1. The molecule has 0 aromatic rings. The number of ketones is 1. The third-order valence-electron chi connectivity index (χ3n) is 4.31. The van der Waals surface area contributed by atoms with Gasteiger partial charge in [0.15, 0.2) is 11.3 Å². The van der Waals surface area contributed by atoms with Crippen molar-refractivity contribution in [1.82, 2.24) is 10.6 Å². The quantitative estimate of drug-likeness (QED) is 0.145. The standard InChI is InChI=1S/C16H35N4O5P/c1-5-13(26(23,24)25)20-12(10-11(2)3)14(21)16(18,15(22)19-4)8-6-7-9-17/h11-13,20H,5-10,17-18H2,1-4H3,(H,19,22)(H2,23,24,25)/t12-,13-,16-/m0/s1. The van der Waals surface area contributed by atoms with E-state index >= 15 is 0 Å². The Kier molecular flexibility index (Phi) is 10.8. The summed E-state index contributed by atoms with van der Waals surface area (Å²) in [4.78, 5) is 44.5. The lowest BCUT2D eigenvalue weighted by molar-refractivity contribution is -0.137. The fourth-order valence-corrected chi connectivity index (χ4v) is 3.69. The van der Waals surface area contributed by atoms with Crippen LogP contribution in [0.3, 0.4) is 0 Å². The molecular weight excluding hydrogens is 359 g/mol. The normalized spacial score (nSPS) is 16.8. The van der Waals surface area contributed by atoms with E-state index in [9.17, 15) is 23.9 Å². The molecule has 0 rings (SSSR count). The topological polar surface area (TPSA) is 168 Å². The van der Waals surface area contributed by atoms with Crippen LogP contribution in [0.25, 0.3) is 0 Å². The summed E-state index contributed by atoms with van der Waals surface area (Å²) in [6.07, 6.45) is 1.67. The first-order chi connectivity index (χ1) is 11.9. The molecule has 0 aromatic carbocycles. The fourth-order valence-electron chi connectivity index (χ4n) is 2.84. The van der Waals surface area contributed by atoms with Gasteiger partial charge in [-0.25, -0.2) is 0 Å². The second-order valence-electron chi connectivity index (χ2n) is 7.02. The molecule has 26 heavy (non-hydrogen) atoms. The zero-order valence-electron chi connectivity index (χ0n) is 16.2. The minimum Gasteiger partial charge on any atom is -0.357 e. The molecule has 0 saturated carbocycles. The van der Waals surface area contributed by atoms with Gasteiger partial charge >= 0.3 is 7.60 Å². The summed E-state index contributed by atoms with van der Waals surface area (Å²) in [5.41, 5.74) is 9.90. The average molecular weight is 394 g/mol. The molecule has 0 spiro atoms. The van der Waals surface area contributed by atoms with E-state index in [0.717, 1.165) is 0 Å². The van der Waals surface area contributed by atoms with Crippen LogP contribution in [0.15, 0.2) is 0 Å². The summed E-state index contributed by atoms with van der Waals surface area (Å²) < 4.78 is 11.7. The van der Waals surface area contributed by atoms with Gasteiger partial charge in [0.05, 0.1) is 6.04 Å². The van der Waals surface area contributed by atoms with Gasteiger partial charge in [-0.3, -0.25) is 19.5 Å². The van der Waals surface area contributed by atoms with Crippen molar-refractivity contribution in [3.63, 3.8) is 0 Å². The molecule has 0 aromatic heterocycles. The van der Waals surface area contributed by atoms with Gasteiger partial charge in [-0.05, 0) is 44.6 Å². The largest absolute Gasteiger partial charge is 0.357 e. The number of likely N-dealkylation sites (N-methyl/N-ethyl adjacent to an activating group) is 1. The third-order valence-corrected chi connectivity index (χ3v) is 5.63. The molecule has 8 N–H and O–H groups in total. The van der Waals surface area contributed by atoms with Crippen LogP contribution in [0.2, 0.25) is 0 Å². The maximum absolute atomic E-state index is 13.1. The summed E-state index contributed by atoms with van der Waals surface area (Å²) in [7, 11) is -3.04. The number of hydrogen-bond acceptors (Lipinski definition) is 6. The van der Waals surface area contributed by atoms with Gasteiger partial charge in [-0.2, -0.15) is 0 Å². The van der Waals surface area contributed by atoms with E-state index in [0.29, 0.717) is 25.8 Å². The first-order valence-electron chi connectivity index (χ1n) is 9.00. The van der Waals surface area contributed by atoms with Crippen LogP contribution in [0, 0.1) is 5.92 Å². The fraction of sp³-hybridized carbons (Fsp3) is 0.875. The van der Waals surface area contributed by atoms with Crippen molar-refractivity contribution in [3.8, 4) is 0 Å². The van der Waals surface area contributed by atoms with E-state index in [1.54, 1.807) is 6.92 Å². The molecular formula is C16H35N4O5P. The molecule has 0 aliphatic carbocycles. The van der Waals surface area contributed by atoms with E-state index in [1.807, 2.05) is 13.8 Å². The molecule has 0 fully saturated rings. The molecule has 0 saturated heterocycles. The number of amides is 1. The van der Waals surface area contributed by atoms with Crippen molar-refractivity contribution in [2.75, 3.05) is 13.6 Å². The molecule has 0 aliphatic rings. The number of carbonyl (C=O) groups is 2. The maximum atomic E-state index is 13.1. The van der Waals surface area contributed by atoms with Gasteiger partial charge in [0.25, 0.3) is 0 Å². The Morgan fingerprint density at radius 2 is 1.81 bits per heavy atom. The molecule has 10 heteroatoms. The summed E-state index contributed by atoms with van der Waals surface area (Å²) in [5, 5.41) is 5.17. The molecule has 9 nitrogen and oxygen atoms in total. The van der Waals surface area contributed by atoms with E-state index in [4.69, 9.17) is 11.5 Å². The van der Waals surface area contributed by atoms with Gasteiger partial charge in [-0.15, -0.1) is 0 Å². The molecule has 1 amide bonds. The minimum absolute atomic E-state index is 0.0590. The van der Waals surface area contributed by atoms with Crippen LogP contribution in [-0.4, -0.2) is 52.4 Å². The number of nitrogens with one attached hydrogen (secondary N) is 2. The summed E-state index contributed by atoms with van der Waals surface area (Å²) in [6, 6.07) is -0.937. The molecule has 0 radical (unpaired) electrons. The van der Waals surface area contributed by atoms with Crippen LogP contribution in [0.1, 0.15) is 52.9 Å². The van der Waals surface area contributed by atoms with Crippen LogP contribution in [0.5, 0.6) is 0 Å². The average Bonchev–Trinajstić information content (AvgIpc) is 2.55. The van der Waals surface area contributed by atoms with E-state index in [2.05, 4.69) is 10.6 Å². The maximum Gasteiger partial charge on any atom is 0.342 e. The zero-order chi connectivity index (χ0) is 20.5. The van der Waals surface area contributed by atoms with Crippen molar-refractivity contribution < 1.29 is 23.9 Å². The smallest absolute Gasteiger partial charge is 0.342 e. The lowest BCUT2D eigenvalue weighted by Gasteiger charge is -2.33. The molecule has 0 aliphatic heterocycles. The SMILES string of the molecule is CC[C@@H](N[C@@H](CC(C)C)C(=O)[C@@](N)(CCCCN)C(=O)NC)P(=O)(O)O. The van der Waals surface area contributed by atoms with E-state index in [-0.39, 0.29) is 18.8 Å². The molecule has 154 valence electrons. The Bertz CT molecular complexity index is 511. The highest BCUT2D eigenvalue weighted by molar-refractivity contribution is 7.52. The van der Waals surface area contributed by atoms with Gasteiger partial charge in [0, 0.05) is 7.05 Å². The predicted octanol–water partition coefficient (Wildman–Crippen LogP) is 0.0461. The summed E-state index contributed by atoms with van der Waals surface area (Å²) >= 11 is 0. The van der Waals surface area contributed by atoms with Gasteiger partial charge in [0.2, 0.25) is 5.91 Å². The second kappa shape index (κ2) is 11.1. The lowest BCUT2D eigenvalue weighted by Crippen LogP contribution is -2.64. The van der Waals surface area contributed by atoms with Crippen LogP contribution >= 0.6 is 7.60 Å².